The van der Waals surface area contributed by atoms with E-state index in [1.807, 2.05) is 0 Å². The average Bonchev–Trinajstić information content (AvgIpc) is 3.30. The summed E-state index contributed by atoms with van der Waals surface area (Å²) in [6, 6.07) is 2.99. The minimum absolute atomic E-state index is 0.000958. The average molecular weight is 312 g/mol. The summed E-state index contributed by atoms with van der Waals surface area (Å²) in [7, 11) is -3.61. The quantitative estimate of drug-likeness (QED) is 0.604. The van der Waals surface area contributed by atoms with Gasteiger partial charge in [0.25, 0.3) is 0 Å². The van der Waals surface area contributed by atoms with E-state index in [4.69, 9.17) is 5.73 Å². The molecule has 7 nitrogen and oxygen atoms in total. The lowest BCUT2D eigenvalue weighted by Crippen LogP contribution is -2.39. The minimum atomic E-state index is -3.61. The molecule has 2 rings (SSSR count). The summed E-state index contributed by atoms with van der Waals surface area (Å²) in [6.45, 7) is 0.487. The lowest BCUT2D eigenvalue weighted by Gasteiger charge is -2.11. The lowest BCUT2D eigenvalue weighted by atomic mass is 10.2. The molecule has 1 aromatic rings. The summed E-state index contributed by atoms with van der Waals surface area (Å²) >= 11 is 0. The van der Waals surface area contributed by atoms with Gasteiger partial charge in [-0.2, -0.15) is 0 Å². The van der Waals surface area contributed by atoms with E-state index in [0.717, 1.165) is 12.8 Å². The number of carbonyl (C=O) groups is 1. The molecule has 1 aromatic heterocycles. The van der Waals surface area contributed by atoms with Crippen LogP contribution in [0.15, 0.2) is 29.4 Å². The van der Waals surface area contributed by atoms with E-state index in [0.29, 0.717) is 12.5 Å². The molecule has 0 spiro atoms. The van der Waals surface area contributed by atoms with E-state index < -0.39 is 10.0 Å². The van der Waals surface area contributed by atoms with Gasteiger partial charge in [-0.15, -0.1) is 0 Å². The molecule has 0 saturated heterocycles. The van der Waals surface area contributed by atoms with Gasteiger partial charge in [-0.25, -0.2) is 13.1 Å². The maximum atomic E-state index is 11.9. The molecular weight excluding hydrogens is 292 g/mol. The molecule has 21 heavy (non-hydrogen) atoms. The van der Waals surface area contributed by atoms with Crippen LogP contribution in [0.2, 0.25) is 0 Å². The van der Waals surface area contributed by atoms with Crippen LogP contribution in [0.5, 0.6) is 0 Å². The van der Waals surface area contributed by atoms with Crippen LogP contribution in [0.3, 0.4) is 0 Å². The first-order chi connectivity index (χ1) is 9.99. The summed E-state index contributed by atoms with van der Waals surface area (Å²) in [4.78, 5) is 15.4. The number of hydrogen-bond acceptors (Lipinski definition) is 5. The van der Waals surface area contributed by atoms with Crippen molar-refractivity contribution in [3.8, 4) is 0 Å². The molecular formula is C13H20N4O3S. The second-order valence-electron chi connectivity index (χ2n) is 5.14. The molecule has 1 unspecified atom stereocenters. The van der Waals surface area contributed by atoms with Crippen LogP contribution in [-0.4, -0.2) is 38.4 Å². The molecule has 4 N–H and O–H groups in total. The summed E-state index contributed by atoms with van der Waals surface area (Å²) < 4.78 is 26.1. The third kappa shape index (κ3) is 5.07. The van der Waals surface area contributed by atoms with E-state index in [-0.39, 0.29) is 29.8 Å². The molecule has 1 fully saturated rings. The van der Waals surface area contributed by atoms with Crippen LogP contribution in [-0.2, 0) is 14.8 Å². The van der Waals surface area contributed by atoms with Crippen molar-refractivity contribution in [2.24, 2.45) is 11.7 Å². The predicted molar refractivity (Wildman–Crippen MR) is 77.8 cm³/mol. The molecule has 0 radical (unpaired) electrons. The van der Waals surface area contributed by atoms with Crippen LogP contribution in [0.1, 0.15) is 19.3 Å². The summed E-state index contributed by atoms with van der Waals surface area (Å²) in [6.07, 6.45) is 5.09. The second kappa shape index (κ2) is 6.97. The second-order valence-corrected chi connectivity index (χ2v) is 6.91. The molecule has 1 saturated carbocycles. The van der Waals surface area contributed by atoms with E-state index in [2.05, 4.69) is 15.0 Å². The topological polar surface area (TPSA) is 114 Å². The highest BCUT2D eigenvalue weighted by Crippen LogP contribution is 2.31. The van der Waals surface area contributed by atoms with Gasteiger partial charge in [0.15, 0.2) is 0 Å². The summed E-state index contributed by atoms with van der Waals surface area (Å²) in [5.41, 5.74) is 5.87. The number of hydrogen-bond donors (Lipinski definition) is 3. The van der Waals surface area contributed by atoms with Gasteiger partial charge in [-0.1, -0.05) is 0 Å². The van der Waals surface area contributed by atoms with Crippen molar-refractivity contribution >= 4 is 15.9 Å². The van der Waals surface area contributed by atoms with Gasteiger partial charge < -0.3 is 11.1 Å². The van der Waals surface area contributed by atoms with Crippen LogP contribution >= 0.6 is 0 Å². The van der Waals surface area contributed by atoms with Crippen LogP contribution < -0.4 is 15.8 Å². The fourth-order valence-corrected chi connectivity index (χ4v) is 2.89. The first-order valence-electron chi connectivity index (χ1n) is 6.91. The largest absolute Gasteiger partial charge is 0.354 e. The Balaban J connectivity index is 1.69. The molecule has 1 amide bonds. The Kier molecular flexibility index (Phi) is 5.27. The molecule has 1 aliphatic carbocycles. The molecule has 1 heterocycles. The number of nitrogens with one attached hydrogen (secondary N) is 2. The van der Waals surface area contributed by atoms with Gasteiger partial charge in [0, 0.05) is 37.9 Å². The number of sulfonamides is 1. The minimum Gasteiger partial charge on any atom is -0.354 e. The van der Waals surface area contributed by atoms with Crippen molar-refractivity contribution in [3.63, 3.8) is 0 Å². The summed E-state index contributed by atoms with van der Waals surface area (Å²) in [5.74, 6) is 0.314. The monoisotopic (exact) mass is 312 g/mol. The Hall–Kier alpha value is -1.51. The van der Waals surface area contributed by atoms with Crippen LogP contribution in [0, 0.1) is 5.92 Å². The normalized spacial score (nSPS) is 16.4. The number of nitrogens with zero attached hydrogens (tertiary/aromatic N) is 1. The molecule has 1 aliphatic rings. The number of amides is 1. The van der Waals surface area contributed by atoms with Gasteiger partial charge in [0.05, 0.1) is 0 Å². The Morgan fingerprint density at radius 3 is 2.86 bits per heavy atom. The SMILES string of the molecule is NC(CNC(=O)CCNS(=O)(=O)c1cccnc1)C1CC1. The Labute approximate surface area is 124 Å². The van der Waals surface area contributed by atoms with Crippen molar-refractivity contribution in [1.29, 1.82) is 0 Å². The predicted octanol–water partition coefficient (Wildman–Crippen LogP) is -0.396. The number of nitrogens with two attached hydrogens (primary N) is 1. The first kappa shape index (κ1) is 15.9. The van der Waals surface area contributed by atoms with Gasteiger partial charge >= 0.3 is 0 Å². The molecule has 0 aliphatic heterocycles. The highest BCUT2D eigenvalue weighted by molar-refractivity contribution is 7.89. The van der Waals surface area contributed by atoms with E-state index in [1.54, 1.807) is 6.07 Å². The lowest BCUT2D eigenvalue weighted by molar-refractivity contribution is -0.121. The Morgan fingerprint density at radius 2 is 2.24 bits per heavy atom. The van der Waals surface area contributed by atoms with Crippen molar-refractivity contribution in [2.45, 2.75) is 30.2 Å². The van der Waals surface area contributed by atoms with Gasteiger partial charge in [-0.05, 0) is 30.9 Å². The van der Waals surface area contributed by atoms with E-state index in [9.17, 15) is 13.2 Å². The molecule has 1 atom stereocenters. The fraction of sp³-hybridized carbons (Fsp3) is 0.538. The molecule has 116 valence electrons. The van der Waals surface area contributed by atoms with E-state index in [1.165, 1.54) is 18.5 Å². The maximum absolute atomic E-state index is 11.9. The molecule has 8 heteroatoms. The molecule has 0 bridgehead atoms. The first-order valence-corrected chi connectivity index (χ1v) is 8.39. The number of carbonyl (C=O) groups excluding carboxylic acids is 1. The zero-order valence-electron chi connectivity index (χ0n) is 11.7. The van der Waals surface area contributed by atoms with Crippen molar-refractivity contribution in [2.75, 3.05) is 13.1 Å². The van der Waals surface area contributed by atoms with Crippen molar-refractivity contribution < 1.29 is 13.2 Å². The smallest absolute Gasteiger partial charge is 0.242 e. The van der Waals surface area contributed by atoms with Crippen LogP contribution in [0.25, 0.3) is 0 Å². The molecule has 0 aromatic carbocycles. The van der Waals surface area contributed by atoms with E-state index >= 15 is 0 Å². The van der Waals surface area contributed by atoms with Crippen molar-refractivity contribution in [3.05, 3.63) is 24.5 Å². The van der Waals surface area contributed by atoms with Gasteiger partial charge in [0.1, 0.15) is 4.90 Å². The number of rotatable bonds is 8. The Morgan fingerprint density at radius 1 is 1.48 bits per heavy atom. The van der Waals surface area contributed by atoms with Crippen molar-refractivity contribution in [1.82, 2.24) is 15.0 Å². The zero-order chi connectivity index (χ0) is 15.3. The maximum Gasteiger partial charge on any atom is 0.242 e. The highest BCUT2D eigenvalue weighted by Gasteiger charge is 2.28. The van der Waals surface area contributed by atoms with Crippen LogP contribution in [0.4, 0.5) is 0 Å². The number of aromatic nitrogens is 1. The summed E-state index contributed by atoms with van der Waals surface area (Å²) in [5, 5.41) is 2.72. The van der Waals surface area contributed by atoms with Gasteiger partial charge in [0.2, 0.25) is 15.9 Å². The van der Waals surface area contributed by atoms with Gasteiger partial charge in [-0.3, -0.25) is 9.78 Å². The number of pyridine rings is 1. The highest BCUT2D eigenvalue weighted by atomic mass is 32.2. The zero-order valence-corrected chi connectivity index (χ0v) is 12.5. The third-order valence-electron chi connectivity index (χ3n) is 3.35. The third-order valence-corrected chi connectivity index (χ3v) is 4.80. The standard InChI is InChI=1S/C13H20N4O3S/c14-12(10-3-4-10)9-16-13(18)5-7-17-21(19,20)11-2-1-6-15-8-11/h1-2,6,8,10,12,17H,3-5,7,9,14H2,(H,16,18). The fourth-order valence-electron chi connectivity index (χ4n) is 1.90. The Bertz CT molecular complexity index is 572.